The SMILES string of the molecule is CCC(C)(C)OCC(C)(C)c1cnc(Nc2ccc(N3CCNCC3)cc2)nc1Nc1cccc(N2C(=O)OC[C@@H]2C)n1. The number of nitrogens with one attached hydrogen (secondary N) is 3. The van der Waals surface area contributed by atoms with Crippen molar-refractivity contribution in [2.24, 2.45) is 0 Å². The van der Waals surface area contributed by atoms with Crippen molar-refractivity contribution >= 4 is 40.9 Å². The highest BCUT2D eigenvalue weighted by Gasteiger charge is 2.33. The van der Waals surface area contributed by atoms with Gasteiger partial charge in [0.2, 0.25) is 5.95 Å². The molecule has 2 fully saturated rings. The Morgan fingerprint density at radius 3 is 2.47 bits per heavy atom. The molecule has 0 unspecified atom stereocenters. The van der Waals surface area contributed by atoms with Gasteiger partial charge in [0.1, 0.15) is 24.1 Å². The van der Waals surface area contributed by atoms with Gasteiger partial charge in [0.25, 0.3) is 0 Å². The number of aromatic nitrogens is 3. The summed E-state index contributed by atoms with van der Waals surface area (Å²) in [6.07, 6.45) is 2.35. The summed E-state index contributed by atoms with van der Waals surface area (Å²) < 4.78 is 11.5. The molecule has 2 aliphatic heterocycles. The highest BCUT2D eigenvalue weighted by atomic mass is 16.6. The van der Waals surface area contributed by atoms with E-state index < -0.39 is 11.5 Å². The summed E-state index contributed by atoms with van der Waals surface area (Å²) in [6.45, 7) is 17.3. The third-order valence-electron chi connectivity index (χ3n) is 8.11. The van der Waals surface area contributed by atoms with Gasteiger partial charge in [-0.3, -0.25) is 4.90 Å². The van der Waals surface area contributed by atoms with E-state index in [4.69, 9.17) is 24.4 Å². The number of pyridine rings is 1. The topological polar surface area (TPSA) is 117 Å². The maximum atomic E-state index is 12.3. The molecule has 11 heteroatoms. The molecule has 1 aromatic carbocycles. The third kappa shape index (κ3) is 7.34. The lowest BCUT2D eigenvalue weighted by Gasteiger charge is -2.32. The highest BCUT2D eigenvalue weighted by Crippen LogP contribution is 2.34. The molecule has 1 atom stereocenters. The van der Waals surface area contributed by atoms with Gasteiger partial charge in [0.05, 0.1) is 18.2 Å². The van der Waals surface area contributed by atoms with E-state index in [1.54, 1.807) is 11.0 Å². The lowest BCUT2D eigenvalue weighted by molar-refractivity contribution is -0.0401. The zero-order chi connectivity index (χ0) is 30.6. The number of anilines is 6. The van der Waals surface area contributed by atoms with Crippen LogP contribution in [-0.4, -0.2) is 72.1 Å². The van der Waals surface area contributed by atoms with Gasteiger partial charge in [-0.2, -0.15) is 4.98 Å². The van der Waals surface area contributed by atoms with Crippen molar-refractivity contribution in [2.75, 3.05) is 59.8 Å². The summed E-state index contributed by atoms with van der Waals surface area (Å²) in [6, 6.07) is 13.8. The van der Waals surface area contributed by atoms with Crippen molar-refractivity contribution in [3.63, 3.8) is 0 Å². The fourth-order valence-corrected chi connectivity index (χ4v) is 4.98. The number of carbonyl (C=O) groups is 1. The lowest BCUT2D eigenvalue weighted by atomic mass is 9.86. The molecule has 3 N–H and O–H groups in total. The minimum atomic E-state index is -0.414. The van der Waals surface area contributed by atoms with Crippen LogP contribution in [0.15, 0.2) is 48.7 Å². The number of nitrogens with zero attached hydrogens (tertiary/aromatic N) is 5. The first-order valence-corrected chi connectivity index (χ1v) is 15.1. The van der Waals surface area contributed by atoms with Gasteiger partial charge in [-0.05, 0) is 63.6 Å². The van der Waals surface area contributed by atoms with Gasteiger partial charge in [-0.1, -0.05) is 26.8 Å². The summed E-state index contributed by atoms with van der Waals surface area (Å²) in [5, 5.41) is 10.2. The van der Waals surface area contributed by atoms with Crippen molar-refractivity contribution in [2.45, 2.75) is 65.0 Å². The largest absolute Gasteiger partial charge is 0.447 e. The van der Waals surface area contributed by atoms with Crippen LogP contribution in [0.3, 0.4) is 0 Å². The van der Waals surface area contributed by atoms with Gasteiger partial charge >= 0.3 is 6.09 Å². The van der Waals surface area contributed by atoms with Crippen LogP contribution in [0.5, 0.6) is 0 Å². The number of hydrogen-bond donors (Lipinski definition) is 3. The van der Waals surface area contributed by atoms with Crippen molar-refractivity contribution < 1.29 is 14.3 Å². The maximum absolute atomic E-state index is 12.3. The van der Waals surface area contributed by atoms with Gasteiger partial charge in [0.15, 0.2) is 0 Å². The van der Waals surface area contributed by atoms with E-state index in [9.17, 15) is 4.79 Å². The predicted molar refractivity (Wildman–Crippen MR) is 171 cm³/mol. The molecule has 43 heavy (non-hydrogen) atoms. The minimum Gasteiger partial charge on any atom is -0.447 e. The van der Waals surface area contributed by atoms with Crippen LogP contribution in [0.1, 0.15) is 53.5 Å². The average molecular weight is 589 g/mol. The average Bonchev–Trinajstić information content (AvgIpc) is 3.34. The molecule has 0 radical (unpaired) electrons. The molecule has 230 valence electrons. The molecule has 2 saturated heterocycles. The molecule has 1 amide bonds. The summed E-state index contributed by atoms with van der Waals surface area (Å²) >= 11 is 0. The molecule has 5 rings (SSSR count). The standard InChI is InChI=1S/C32H44N8O3/c1-7-32(5,6)43-21-31(3,4)25-19-34-29(35-23-11-13-24(14-12-23)39-17-15-33-16-18-39)38-28(25)37-26-9-8-10-27(36-26)40-22(2)20-42-30(40)41/h8-14,19,22,33H,7,15-18,20-21H2,1-6H3,(H2,34,35,36,37,38)/t22-/m0/s1. The fourth-order valence-electron chi connectivity index (χ4n) is 4.98. The van der Waals surface area contributed by atoms with Crippen LogP contribution in [-0.2, 0) is 14.9 Å². The van der Waals surface area contributed by atoms with E-state index in [2.05, 4.69) is 67.6 Å². The molecule has 4 heterocycles. The van der Waals surface area contributed by atoms with Crippen molar-refractivity contribution in [1.29, 1.82) is 0 Å². The molecule has 3 aromatic rings. The summed E-state index contributed by atoms with van der Waals surface area (Å²) in [5.74, 6) is 2.14. The summed E-state index contributed by atoms with van der Waals surface area (Å²) in [4.78, 5) is 30.6. The predicted octanol–water partition coefficient (Wildman–Crippen LogP) is 5.60. The quantitative estimate of drug-likeness (QED) is 0.261. The second-order valence-electron chi connectivity index (χ2n) is 12.5. The Kier molecular flexibility index (Phi) is 9.03. The lowest BCUT2D eigenvalue weighted by Crippen LogP contribution is -2.43. The second-order valence-corrected chi connectivity index (χ2v) is 12.5. The minimum absolute atomic E-state index is 0.100. The van der Waals surface area contributed by atoms with E-state index in [1.165, 1.54) is 5.69 Å². The summed E-state index contributed by atoms with van der Waals surface area (Å²) in [5.41, 5.74) is 2.32. The van der Waals surface area contributed by atoms with E-state index in [-0.39, 0.29) is 11.6 Å². The van der Waals surface area contributed by atoms with Gasteiger partial charge < -0.3 is 30.3 Å². The van der Waals surface area contributed by atoms with Crippen LogP contribution in [0.2, 0.25) is 0 Å². The molecule has 2 aromatic heterocycles. The monoisotopic (exact) mass is 588 g/mol. The Morgan fingerprint density at radius 2 is 1.79 bits per heavy atom. The van der Waals surface area contributed by atoms with Crippen molar-refractivity contribution in [3.05, 3.63) is 54.2 Å². The molecular formula is C32H44N8O3. The number of rotatable bonds is 11. The van der Waals surface area contributed by atoms with E-state index in [0.717, 1.165) is 43.9 Å². The van der Waals surface area contributed by atoms with E-state index in [1.807, 2.05) is 37.4 Å². The first-order chi connectivity index (χ1) is 20.5. The molecule has 0 aliphatic carbocycles. The van der Waals surface area contributed by atoms with Crippen molar-refractivity contribution in [1.82, 2.24) is 20.3 Å². The number of piperazine rings is 1. The number of cyclic esters (lactones) is 1. The summed E-state index contributed by atoms with van der Waals surface area (Å²) in [7, 11) is 0. The molecule has 11 nitrogen and oxygen atoms in total. The Bertz CT molecular complexity index is 1410. The van der Waals surface area contributed by atoms with Gasteiger partial charge in [0, 0.05) is 54.7 Å². The number of carbonyl (C=O) groups excluding carboxylic acids is 1. The van der Waals surface area contributed by atoms with E-state index in [0.29, 0.717) is 36.6 Å². The Hall–Kier alpha value is -3.96. The Balaban J connectivity index is 1.42. The van der Waals surface area contributed by atoms with Crippen LogP contribution >= 0.6 is 0 Å². The molecule has 0 bridgehead atoms. The zero-order valence-corrected chi connectivity index (χ0v) is 26.1. The third-order valence-corrected chi connectivity index (χ3v) is 8.11. The Morgan fingerprint density at radius 1 is 1.05 bits per heavy atom. The first-order valence-electron chi connectivity index (χ1n) is 15.1. The zero-order valence-electron chi connectivity index (χ0n) is 26.1. The maximum Gasteiger partial charge on any atom is 0.415 e. The van der Waals surface area contributed by atoms with Crippen LogP contribution < -0.4 is 25.8 Å². The molecule has 0 spiro atoms. The van der Waals surface area contributed by atoms with Crippen molar-refractivity contribution in [3.8, 4) is 0 Å². The smallest absolute Gasteiger partial charge is 0.415 e. The van der Waals surface area contributed by atoms with Crippen LogP contribution in [0.25, 0.3) is 0 Å². The van der Waals surface area contributed by atoms with Gasteiger partial charge in [-0.25, -0.2) is 14.8 Å². The number of ether oxygens (including phenoxy) is 2. The molecular weight excluding hydrogens is 544 g/mol. The first kappa shape index (κ1) is 30.5. The number of benzene rings is 1. The number of amides is 1. The fraction of sp³-hybridized carbons (Fsp3) is 0.500. The van der Waals surface area contributed by atoms with Crippen LogP contribution in [0, 0.1) is 0 Å². The van der Waals surface area contributed by atoms with E-state index >= 15 is 0 Å². The Labute approximate surface area is 254 Å². The normalized spacial score (nSPS) is 17.6. The van der Waals surface area contributed by atoms with Crippen LogP contribution in [0.4, 0.5) is 39.6 Å². The van der Waals surface area contributed by atoms with Gasteiger partial charge in [-0.15, -0.1) is 0 Å². The molecule has 0 saturated carbocycles. The molecule has 2 aliphatic rings. The highest BCUT2D eigenvalue weighted by molar-refractivity contribution is 5.89. The number of hydrogen-bond acceptors (Lipinski definition) is 10. The second kappa shape index (κ2) is 12.7.